The lowest BCUT2D eigenvalue weighted by atomic mass is 10.1. The molecule has 1 fully saturated rings. The monoisotopic (exact) mass is 525 g/mol. The van der Waals surface area contributed by atoms with Gasteiger partial charge in [0, 0.05) is 44.6 Å². The second-order valence-electron chi connectivity index (χ2n) is 7.31. The Labute approximate surface area is 195 Å². The molecule has 1 aromatic carbocycles. The molecule has 9 heteroatoms. The van der Waals surface area contributed by atoms with E-state index < -0.39 is 0 Å². The number of hydrogen-bond donors (Lipinski definition) is 3. The molecule has 0 atom stereocenters. The van der Waals surface area contributed by atoms with Crippen molar-refractivity contribution < 1.29 is 4.79 Å². The number of nitrogens with two attached hydrogens (primary N) is 1. The third-order valence-electron chi connectivity index (χ3n) is 5.03. The maximum absolute atomic E-state index is 11.1. The van der Waals surface area contributed by atoms with Crippen LogP contribution in [0.1, 0.15) is 31.2 Å². The third-order valence-corrected chi connectivity index (χ3v) is 5.03. The van der Waals surface area contributed by atoms with Gasteiger partial charge in [0.05, 0.1) is 6.54 Å². The van der Waals surface area contributed by atoms with Crippen LogP contribution in [0.5, 0.6) is 0 Å². The Balaban J connectivity index is 0.00000320. The molecule has 0 aliphatic carbocycles. The van der Waals surface area contributed by atoms with Crippen LogP contribution < -0.4 is 16.4 Å². The van der Waals surface area contributed by atoms with Crippen LogP contribution in [0, 0.1) is 0 Å². The SMILES string of the molecule is CCNC(=NCc1nccn1Cc1ccccc1)NC1CCN(CC(N)=O)CC1.I. The highest BCUT2D eigenvalue weighted by molar-refractivity contribution is 14.0. The van der Waals surface area contributed by atoms with Crippen LogP contribution in [0.3, 0.4) is 0 Å². The second kappa shape index (κ2) is 12.5. The molecule has 1 saturated heterocycles. The Morgan fingerprint density at radius 1 is 1.27 bits per heavy atom. The second-order valence-corrected chi connectivity index (χ2v) is 7.31. The van der Waals surface area contributed by atoms with Gasteiger partial charge in [-0.2, -0.15) is 0 Å². The summed E-state index contributed by atoms with van der Waals surface area (Å²) in [6.45, 7) is 6.21. The van der Waals surface area contributed by atoms with Gasteiger partial charge in [-0.15, -0.1) is 24.0 Å². The Hall–Kier alpha value is -2.14. The van der Waals surface area contributed by atoms with Gasteiger partial charge in [-0.1, -0.05) is 30.3 Å². The summed E-state index contributed by atoms with van der Waals surface area (Å²) in [5.41, 5.74) is 6.53. The van der Waals surface area contributed by atoms with E-state index in [1.165, 1.54) is 5.56 Å². The number of imidazole rings is 1. The third kappa shape index (κ3) is 7.60. The van der Waals surface area contributed by atoms with E-state index in [4.69, 9.17) is 10.7 Å². The van der Waals surface area contributed by atoms with Crippen molar-refractivity contribution in [2.24, 2.45) is 10.7 Å². The van der Waals surface area contributed by atoms with Crippen LogP contribution in [0.25, 0.3) is 0 Å². The first-order chi connectivity index (χ1) is 14.1. The van der Waals surface area contributed by atoms with E-state index in [9.17, 15) is 4.79 Å². The van der Waals surface area contributed by atoms with Gasteiger partial charge in [0.2, 0.25) is 5.91 Å². The maximum Gasteiger partial charge on any atom is 0.231 e. The summed E-state index contributed by atoms with van der Waals surface area (Å²) in [5, 5.41) is 6.84. The molecule has 0 saturated carbocycles. The van der Waals surface area contributed by atoms with Gasteiger partial charge in [-0.05, 0) is 25.3 Å². The molecule has 1 aromatic heterocycles. The van der Waals surface area contributed by atoms with E-state index in [0.29, 0.717) is 19.1 Å². The first-order valence-corrected chi connectivity index (χ1v) is 10.2. The average Bonchev–Trinajstić information content (AvgIpc) is 3.15. The number of nitrogens with one attached hydrogen (secondary N) is 2. The van der Waals surface area contributed by atoms with Crippen molar-refractivity contribution in [3.8, 4) is 0 Å². The first kappa shape index (κ1) is 24.1. The van der Waals surface area contributed by atoms with Crippen molar-refractivity contribution in [1.29, 1.82) is 0 Å². The minimum absolute atomic E-state index is 0. The molecule has 0 unspecified atom stereocenters. The Morgan fingerprint density at radius 2 is 2.00 bits per heavy atom. The molecule has 8 nitrogen and oxygen atoms in total. The number of halogens is 1. The number of likely N-dealkylation sites (tertiary alicyclic amines) is 1. The molecule has 2 aromatic rings. The summed E-state index contributed by atoms with van der Waals surface area (Å²) >= 11 is 0. The van der Waals surface area contributed by atoms with Crippen LogP contribution >= 0.6 is 24.0 Å². The lowest BCUT2D eigenvalue weighted by molar-refractivity contribution is -0.119. The van der Waals surface area contributed by atoms with Crippen LogP contribution in [-0.2, 0) is 17.9 Å². The van der Waals surface area contributed by atoms with Gasteiger partial charge in [0.1, 0.15) is 12.4 Å². The van der Waals surface area contributed by atoms with Gasteiger partial charge in [0.25, 0.3) is 0 Å². The van der Waals surface area contributed by atoms with Crippen molar-refractivity contribution in [2.45, 2.75) is 38.9 Å². The summed E-state index contributed by atoms with van der Waals surface area (Å²) in [6.07, 6.45) is 5.73. The van der Waals surface area contributed by atoms with Crippen LogP contribution in [0.4, 0.5) is 0 Å². The lowest BCUT2D eigenvalue weighted by Gasteiger charge is -2.32. The highest BCUT2D eigenvalue weighted by atomic mass is 127. The smallest absolute Gasteiger partial charge is 0.231 e. The number of nitrogens with zero attached hydrogens (tertiary/aromatic N) is 4. The number of guanidine groups is 1. The number of aromatic nitrogens is 2. The van der Waals surface area contributed by atoms with Gasteiger partial charge >= 0.3 is 0 Å². The topological polar surface area (TPSA) is 101 Å². The van der Waals surface area contributed by atoms with Crippen molar-refractivity contribution in [1.82, 2.24) is 25.1 Å². The Bertz CT molecular complexity index is 801. The van der Waals surface area contributed by atoms with Gasteiger partial charge in [0.15, 0.2) is 5.96 Å². The van der Waals surface area contributed by atoms with Crippen LogP contribution in [-0.4, -0.2) is 58.5 Å². The molecule has 0 spiro atoms. The molecule has 3 rings (SSSR count). The number of piperidine rings is 1. The molecule has 164 valence electrons. The molecule has 0 radical (unpaired) electrons. The van der Waals surface area contributed by atoms with Gasteiger partial charge < -0.3 is 20.9 Å². The minimum atomic E-state index is -0.266. The van der Waals surface area contributed by atoms with Crippen molar-refractivity contribution >= 4 is 35.8 Å². The number of benzene rings is 1. The summed E-state index contributed by atoms with van der Waals surface area (Å²) in [6, 6.07) is 10.7. The minimum Gasteiger partial charge on any atom is -0.369 e. The summed E-state index contributed by atoms with van der Waals surface area (Å²) in [4.78, 5) is 22.4. The van der Waals surface area contributed by atoms with E-state index in [1.807, 2.05) is 30.6 Å². The molecular weight excluding hydrogens is 493 g/mol. The number of rotatable bonds is 8. The normalized spacial score (nSPS) is 15.4. The molecule has 30 heavy (non-hydrogen) atoms. The average molecular weight is 525 g/mol. The Morgan fingerprint density at radius 3 is 2.67 bits per heavy atom. The quantitative estimate of drug-likeness (QED) is 0.276. The van der Waals surface area contributed by atoms with Crippen molar-refractivity contribution in [3.63, 3.8) is 0 Å². The zero-order chi connectivity index (χ0) is 20.5. The molecule has 1 amide bonds. The van der Waals surface area contributed by atoms with E-state index >= 15 is 0 Å². The fraction of sp³-hybridized carbons (Fsp3) is 0.476. The number of hydrogen-bond acceptors (Lipinski definition) is 4. The zero-order valence-corrected chi connectivity index (χ0v) is 19.8. The summed E-state index contributed by atoms with van der Waals surface area (Å²) in [7, 11) is 0. The molecule has 2 heterocycles. The lowest BCUT2D eigenvalue weighted by Crippen LogP contribution is -2.49. The van der Waals surface area contributed by atoms with Crippen LogP contribution in [0.15, 0.2) is 47.7 Å². The summed E-state index contributed by atoms with van der Waals surface area (Å²) < 4.78 is 2.13. The molecule has 4 N–H and O–H groups in total. The van der Waals surface area contributed by atoms with Crippen molar-refractivity contribution in [2.75, 3.05) is 26.2 Å². The van der Waals surface area contributed by atoms with Gasteiger partial charge in [-0.25, -0.2) is 9.98 Å². The fourth-order valence-corrected chi connectivity index (χ4v) is 3.53. The first-order valence-electron chi connectivity index (χ1n) is 10.2. The summed E-state index contributed by atoms with van der Waals surface area (Å²) in [5.74, 6) is 1.47. The number of carbonyl (C=O) groups is 1. The number of primary amides is 1. The van der Waals surface area contributed by atoms with Crippen LogP contribution in [0.2, 0.25) is 0 Å². The molecular formula is C21H32IN7O. The molecule has 0 bridgehead atoms. The number of aliphatic imine (C=N–C) groups is 1. The molecule has 1 aliphatic heterocycles. The van der Waals surface area contributed by atoms with Gasteiger partial charge in [-0.3, -0.25) is 9.69 Å². The Kier molecular flexibility index (Phi) is 10.1. The predicted octanol–water partition coefficient (Wildman–Crippen LogP) is 1.55. The number of carbonyl (C=O) groups excluding carboxylic acids is 1. The largest absolute Gasteiger partial charge is 0.369 e. The number of amides is 1. The standard InChI is InChI=1S/C21H31N7O.HI/c1-2-23-21(26-18-8-11-27(12-9-18)16-19(22)29)25-14-20-24-10-13-28(20)15-17-6-4-3-5-7-17;/h3-7,10,13,18H,2,8-9,11-12,14-16H2,1H3,(H2,22,29)(H2,23,25,26);1H. The van der Waals surface area contributed by atoms with E-state index in [1.54, 1.807) is 0 Å². The predicted molar refractivity (Wildman–Crippen MR) is 130 cm³/mol. The zero-order valence-electron chi connectivity index (χ0n) is 17.5. The van der Waals surface area contributed by atoms with Crippen molar-refractivity contribution in [3.05, 3.63) is 54.1 Å². The highest BCUT2D eigenvalue weighted by Crippen LogP contribution is 2.10. The highest BCUT2D eigenvalue weighted by Gasteiger charge is 2.20. The molecule has 1 aliphatic rings. The van der Waals surface area contributed by atoms with E-state index in [0.717, 1.165) is 50.8 Å². The van der Waals surface area contributed by atoms with E-state index in [2.05, 4.69) is 44.1 Å². The van der Waals surface area contributed by atoms with E-state index in [-0.39, 0.29) is 29.9 Å². The maximum atomic E-state index is 11.1. The fourth-order valence-electron chi connectivity index (χ4n) is 3.53.